The molecule has 0 aliphatic carbocycles. The molecule has 0 unspecified atom stereocenters. The fourth-order valence-corrected chi connectivity index (χ4v) is 3.93. The van der Waals surface area contributed by atoms with Crippen LogP contribution in [0.5, 0.6) is 0 Å². The molecule has 0 atom stereocenters. The van der Waals surface area contributed by atoms with Crippen LogP contribution in [-0.4, -0.2) is 0 Å². The van der Waals surface area contributed by atoms with Crippen molar-refractivity contribution in [3.05, 3.63) is 96.7 Å². The van der Waals surface area contributed by atoms with E-state index in [1.807, 2.05) is 0 Å². The number of hydrogen-bond acceptors (Lipinski definition) is 0. The molecule has 0 aromatic heterocycles. The first-order valence-corrected chi connectivity index (χ1v) is 15.2. The third kappa shape index (κ3) is 28.2. The predicted molar refractivity (Wildman–Crippen MR) is 168 cm³/mol. The molecule has 0 fully saturated rings. The average Bonchev–Trinajstić information content (AvgIpc) is 2.89. The van der Waals surface area contributed by atoms with Gasteiger partial charge in [-0.1, -0.05) is 189 Å². The fraction of sp³-hybridized carbons (Fsp3) is 0.556. The van der Waals surface area contributed by atoms with Gasteiger partial charge in [-0.25, -0.2) is 0 Å². The normalized spacial score (nSPS) is 13.6. The van der Waals surface area contributed by atoms with Crippen LogP contribution in [0.4, 0.5) is 0 Å². The SMILES string of the molecule is CCC=C(C=CC=CC=CC=CCCCCCCCCCC)C=CC=CC=CCCCCCCCC. The van der Waals surface area contributed by atoms with Crippen LogP contribution >= 0.6 is 0 Å². The summed E-state index contributed by atoms with van der Waals surface area (Å²) in [7, 11) is 0. The lowest BCUT2D eigenvalue weighted by Gasteiger charge is -1.99. The van der Waals surface area contributed by atoms with Gasteiger partial charge in [-0.05, 0) is 37.7 Å². The first kappa shape index (κ1) is 33.9. The van der Waals surface area contributed by atoms with E-state index in [9.17, 15) is 0 Å². The average molecular weight is 491 g/mol. The molecule has 0 amide bonds. The molecule has 0 heteroatoms. The van der Waals surface area contributed by atoms with Gasteiger partial charge in [0.15, 0.2) is 0 Å². The van der Waals surface area contributed by atoms with E-state index >= 15 is 0 Å². The Morgan fingerprint density at radius 3 is 1.17 bits per heavy atom. The highest BCUT2D eigenvalue weighted by molar-refractivity contribution is 5.34. The number of unbranched alkanes of at least 4 members (excludes halogenated alkanes) is 14. The van der Waals surface area contributed by atoms with E-state index in [1.54, 1.807) is 0 Å². The van der Waals surface area contributed by atoms with Crippen molar-refractivity contribution in [3.63, 3.8) is 0 Å². The van der Waals surface area contributed by atoms with Crippen molar-refractivity contribution < 1.29 is 0 Å². The van der Waals surface area contributed by atoms with Crippen LogP contribution in [0.1, 0.15) is 130 Å². The van der Waals surface area contributed by atoms with Gasteiger partial charge in [-0.3, -0.25) is 0 Å². The summed E-state index contributed by atoms with van der Waals surface area (Å²) >= 11 is 0. The topological polar surface area (TPSA) is 0 Å². The van der Waals surface area contributed by atoms with Crippen molar-refractivity contribution in [1.82, 2.24) is 0 Å². The van der Waals surface area contributed by atoms with Gasteiger partial charge in [0.05, 0.1) is 0 Å². The summed E-state index contributed by atoms with van der Waals surface area (Å²) in [4.78, 5) is 0. The predicted octanol–water partition coefficient (Wildman–Crippen LogP) is 12.5. The molecule has 0 heterocycles. The summed E-state index contributed by atoms with van der Waals surface area (Å²) in [6.45, 7) is 6.74. The first-order chi connectivity index (χ1) is 17.8. The first-order valence-electron chi connectivity index (χ1n) is 15.2. The van der Waals surface area contributed by atoms with Crippen LogP contribution in [0.25, 0.3) is 0 Å². The second-order valence-corrected chi connectivity index (χ2v) is 9.66. The molecule has 0 saturated carbocycles. The summed E-state index contributed by atoms with van der Waals surface area (Å²) in [5.41, 5.74) is 1.25. The zero-order valence-corrected chi connectivity index (χ0v) is 24.2. The van der Waals surface area contributed by atoms with Crippen LogP contribution < -0.4 is 0 Å². The maximum absolute atomic E-state index is 2.29. The van der Waals surface area contributed by atoms with E-state index in [0.717, 1.165) is 6.42 Å². The van der Waals surface area contributed by atoms with E-state index in [2.05, 4.69) is 112 Å². The molecule has 0 nitrogen and oxygen atoms in total. The highest BCUT2D eigenvalue weighted by Crippen LogP contribution is 2.10. The van der Waals surface area contributed by atoms with Crippen molar-refractivity contribution >= 4 is 0 Å². The lowest BCUT2D eigenvalue weighted by molar-refractivity contribution is 0.577. The van der Waals surface area contributed by atoms with Crippen molar-refractivity contribution in [1.29, 1.82) is 0 Å². The lowest BCUT2D eigenvalue weighted by atomic mass is 10.1. The fourth-order valence-electron chi connectivity index (χ4n) is 3.93. The minimum absolute atomic E-state index is 1.04. The molecule has 0 saturated heterocycles. The Bertz CT molecular complexity index is 675. The van der Waals surface area contributed by atoms with Gasteiger partial charge in [0.25, 0.3) is 0 Å². The maximum Gasteiger partial charge on any atom is -0.0297 e. The molecule has 0 aliphatic rings. The van der Waals surface area contributed by atoms with Crippen LogP contribution in [-0.2, 0) is 0 Å². The van der Waals surface area contributed by atoms with Crippen molar-refractivity contribution in [3.8, 4) is 0 Å². The molecule has 0 aromatic rings. The standard InChI is InChI=1S/C36H58/c1-4-7-9-11-13-15-17-19-20-21-22-24-26-28-30-32-35-36(33-6-3)34-31-29-27-25-23-18-16-14-12-10-8-5-2/h21-35H,4-20H2,1-3H3. The second-order valence-electron chi connectivity index (χ2n) is 9.66. The highest BCUT2D eigenvalue weighted by Gasteiger charge is 1.90. The minimum Gasteiger partial charge on any atom is -0.0845 e. The molecule has 0 rings (SSSR count). The van der Waals surface area contributed by atoms with E-state index in [-0.39, 0.29) is 0 Å². The molecule has 36 heavy (non-hydrogen) atoms. The molecule has 0 bridgehead atoms. The van der Waals surface area contributed by atoms with Crippen LogP contribution in [0.3, 0.4) is 0 Å². The molecule has 0 aliphatic heterocycles. The van der Waals surface area contributed by atoms with Gasteiger partial charge in [0.1, 0.15) is 0 Å². The molecule has 0 spiro atoms. The summed E-state index contributed by atoms with van der Waals surface area (Å²) in [5, 5.41) is 0. The molecule has 202 valence electrons. The Balaban J connectivity index is 4.00. The zero-order chi connectivity index (χ0) is 26.2. The summed E-state index contributed by atoms with van der Waals surface area (Å²) in [5.74, 6) is 0. The van der Waals surface area contributed by atoms with Gasteiger partial charge in [0.2, 0.25) is 0 Å². The van der Waals surface area contributed by atoms with E-state index in [0.29, 0.717) is 0 Å². The highest BCUT2D eigenvalue weighted by atomic mass is 14.0. The van der Waals surface area contributed by atoms with Gasteiger partial charge in [-0.15, -0.1) is 0 Å². The zero-order valence-electron chi connectivity index (χ0n) is 24.2. The van der Waals surface area contributed by atoms with Crippen molar-refractivity contribution in [2.75, 3.05) is 0 Å². The van der Waals surface area contributed by atoms with Gasteiger partial charge in [0, 0.05) is 0 Å². The number of rotatable bonds is 24. The number of hydrogen-bond donors (Lipinski definition) is 0. The second kappa shape index (κ2) is 31.0. The van der Waals surface area contributed by atoms with Crippen LogP contribution in [0.2, 0.25) is 0 Å². The lowest BCUT2D eigenvalue weighted by Crippen LogP contribution is -1.79. The molecule has 0 aromatic carbocycles. The third-order valence-electron chi connectivity index (χ3n) is 6.13. The van der Waals surface area contributed by atoms with Gasteiger partial charge < -0.3 is 0 Å². The minimum atomic E-state index is 1.04. The number of allylic oxidation sites excluding steroid dienone is 16. The van der Waals surface area contributed by atoms with Crippen molar-refractivity contribution in [2.45, 2.75) is 130 Å². The Labute approximate surface area is 226 Å². The van der Waals surface area contributed by atoms with Crippen molar-refractivity contribution in [2.24, 2.45) is 0 Å². The molecule has 0 N–H and O–H groups in total. The Hall–Kier alpha value is -2.08. The van der Waals surface area contributed by atoms with Gasteiger partial charge >= 0.3 is 0 Å². The summed E-state index contributed by atoms with van der Waals surface area (Å²) < 4.78 is 0. The quantitative estimate of drug-likeness (QED) is 0.0931. The molecular formula is C36H58. The Morgan fingerprint density at radius 1 is 0.389 bits per heavy atom. The monoisotopic (exact) mass is 490 g/mol. The van der Waals surface area contributed by atoms with Crippen LogP contribution in [0, 0.1) is 0 Å². The third-order valence-corrected chi connectivity index (χ3v) is 6.13. The summed E-state index contributed by atoms with van der Waals surface area (Å²) in [6.07, 6.45) is 55.2. The molecule has 0 radical (unpaired) electrons. The smallest absolute Gasteiger partial charge is 0.0297 e. The largest absolute Gasteiger partial charge is 0.0845 e. The summed E-state index contributed by atoms with van der Waals surface area (Å²) in [6, 6.07) is 0. The van der Waals surface area contributed by atoms with E-state index in [4.69, 9.17) is 0 Å². The Kier molecular flexibility index (Phi) is 29.2. The van der Waals surface area contributed by atoms with Gasteiger partial charge in [-0.2, -0.15) is 0 Å². The molecular weight excluding hydrogens is 432 g/mol. The van der Waals surface area contributed by atoms with E-state index < -0.39 is 0 Å². The maximum atomic E-state index is 2.29. The Morgan fingerprint density at radius 2 is 0.750 bits per heavy atom. The van der Waals surface area contributed by atoms with E-state index in [1.165, 1.54) is 108 Å². The van der Waals surface area contributed by atoms with Crippen LogP contribution in [0.15, 0.2) is 96.7 Å².